The Morgan fingerprint density at radius 1 is 1.89 bits per heavy atom. The van der Waals surface area contributed by atoms with Crippen LogP contribution >= 0.6 is 24.0 Å². The highest BCUT2D eigenvalue weighted by atomic mass is 32.2. The molecule has 0 aliphatic rings. The molecule has 0 aromatic heterocycles. The lowest BCUT2D eigenvalue weighted by Gasteiger charge is -1.98. The number of carboxylic acids is 1. The molecule has 0 spiro atoms. The molecule has 52 valence electrons. The lowest BCUT2D eigenvalue weighted by atomic mass is 10.7. The molecule has 0 aromatic rings. The van der Waals surface area contributed by atoms with E-state index in [9.17, 15) is 4.79 Å². The summed E-state index contributed by atoms with van der Waals surface area (Å²) in [5.41, 5.74) is 0. The van der Waals surface area contributed by atoms with Crippen LogP contribution in [0.1, 0.15) is 0 Å². The van der Waals surface area contributed by atoms with Gasteiger partial charge in [-0.2, -0.15) is 0 Å². The molecule has 0 heterocycles. The zero-order valence-corrected chi connectivity index (χ0v) is 6.51. The standard InChI is InChI=1S/C4H7NO2S2/c1-9-4(8)5-2-3(6)7/h2H2,1H3,(H,5,8)(H,6,7). The van der Waals surface area contributed by atoms with Gasteiger partial charge in [-0.15, -0.1) is 11.8 Å². The van der Waals surface area contributed by atoms with Gasteiger partial charge < -0.3 is 10.4 Å². The summed E-state index contributed by atoms with van der Waals surface area (Å²) in [7, 11) is 0. The zero-order chi connectivity index (χ0) is 7.28. The molecule has 0 aromatic carbocycles. The van der Waals surface area contributed by atoms with Crippen LogP contribution in [0.15, 0.2) is 0 Å². The van der Waals surface area contributed by atoms with Gasteiger partial charge in [-0.3, -0.25) is 4.79 Å². The molecule has 0 unspecified atom stereocenters. The third-order valence-corrected chi connectivity index (χ3v) is 1.73. The molecule has 0 saturated heterocycles. The van der Waals surface area contributed by atoms with E-state index in [0.29, 0.717) is 4.32 Å². The van der Waals surface area contributed by atoms with Gasteiger partial charge >= 0.3 is 5.97 Å². The summed E-state index contributed by atoms with van der Waals surface area (Å²) >= 11 is 5.99. The van der Waals surface area contributed by atoms with Crippen molar-refractivity contribution in [2.75, 3.05) is 12.8 Å². The second-order valence-corrected chi connectivity index (χ2v) is 2.72. The normalized spacial score (nSPS) is 8.56. The van der Waals surface area contributed by atoms with Crippen molar-refractivity contribution in [1.29, 1.82) is 0 Å². The van der Waals surface area contributed by atoms with Crippen molar-refractivity contribution < 1.29 is 9.90 Å². The Balaban J connectivity index is 3.28. The first-order valence-corrected chi connectivity index (χ1v) is 3.83. The van der Waals surface area contributed by atoms with Crippen LogP contribution in [-0.4, -0.2) is 28.2 Å². The molecule has 0 bridgehead atoms. The number of nitrogens with one attached hydrogen (secondary N) is 1. The summed E-state index contributed by atoms with van der Waals surface area (Å²) in [5.74, 6) is -0.897. The van der Waals surface area contributed by atoms with E-state index < -0.39 is 5.97 Å². The minimum absolute atomic E-state index is 0.0975. The number of thiocarbonyl (C=S) groups is 1. The summed E-state index contributed by atoms with van der Waals surface area (Å²) in [4.78, 5) is 9.89. The van der Waals surface area contributed by atoms with E-state index in [1.54, 1.807) is 6.26 Å². The first-order chi connectivity index (χ1) is 4.16. The highest BCUT2D eigenvalue weighted by molar-refractivity contribution is 8.22. The summed E-state index contributed by atoms with van der Waals surface area (Å²) in [6.07, 6.45) is 1.79. The molecule has 0 atom stereocenters. The van der Waals surface area contributed by atoms with Crippen molar-refractivity contribution in [1.82, 2.24) is 5.32 Å². The van der Waals surface area contributed by atoms with Crippen LogP contribution in [0.5, 0.6) is 0 Å². The van der Waals surface area contributed by atoms with E-state index in [1.165, 1.54) is 11.8 Å². The summed E-state index contributed by atoms with van der Waals surface area (Å²) < 4.78 is 0.511. The fourth-order valence-electron chi connectivity index (χ4n) is 0.220. The van der Waals surface area contributed by atoms with Gasteiger partial charge in [0, 0.05) is 0 Å². The van der Waals surface area contributed by atoms with Gasteiger partial charge in [-0.1, -0.05) is 12.2 Å². The lowest BCUT2D eigenvalue weighted by molar-refractivity contribution is -0.135. The fourth-order valence-corrected chi connectivity index (χ4v) is 0.509. The molecule has 0 saturated carbocycles. The number of carboxylic acid groups (broad SMARTS) is 1. The highest BCUT2D eigenvalue weighted by Crippen LogP contribution is 1.91. The van der Waals surface area contributed by atoms with E-state index >= 15 is 0 Å². The molecule has 0 aliphatic carbocycles. The Kier molecular flexibility index (Phi) is 4.43. The van der Waals surface area contributed by atoms with E-state index in [0.717, 1.165) is 0 Å². The first kappa shape index (κ1) is 8.71. The van der Waals surface area contributed by atoms with Gasteiger partial charge in [-0.25, -0.2) is 0 Å². The third kappa shape index (κ3) is 5.58. The minimum atomic E-state index is -0.897. The number of aliphatic carboxylic acids is 1. The number of hydrogen-bond donors (Lipinski definition) is 2. The van der Waals surface area contributed by atoms with Crippen LogP contribution in [0.2, 0.25) is 0 Å². The van der Waals surface area contributed by atoms with E-state index in [2.05, 4.69) is 17.5 Å². The van der Waals surface area contributed by atoms with Crippen LogP contribution in [0.3, 0.4) is 0 Å². The molecule has 0 rings (SSSR count). The van der Waals surface area contributed by atoms with Crippen LogP contribution in [0.4, 0.5) is 0 Å². The number of thioether (sulfide) groups is 1. The van der Waals surface area contributed by atoms with Crippen molar-refractivity contribution in [3.8, 4) is 0 Å². The van der Waals surface area contributed by atoms with E-state index in [-0.39, 0.29) is 6.54 Å². The SMILES string of the molecule is CSC(=S)NCC(=O)O. The fraction of sp³-hybridized carbons (Fsp3) is 0.500. The van der Waals surface area contributed by atoms with Crippen LogP contribution in [0, 0.1) is 0 Å². The Hall–Kier alpha value is -0.290. The van der Waals surface area contributed by atoms with Crippen LogP contribution in [-0.2, 0) is 4.79 Å². The molecule has 0 fully saturated rings. The van der Waals surface area contributed by atoms with Gasteiger partial charge in [0.2, 0.25) is 0 Å². The Morgan fingerprint density at radius 3 is 2.78 bits per heavy atom. The average molecular weight is 165 g/mol. The second kappa shape index (κ2) is 4.58. The molecule has 0 radical (unpaired) electrons. The maximum atomic E-state index is 9.89. The van der Waals surface area contributed by atoms with Crippen LogP contribution in [0.25, 0.3) is 0 Å². The lowest BCUT2D eigenvalue weighted by Crippen LogP contribution is -2.25. The Morgan fingerprint density at radius 2 is 2.44 bits per heavy atom. The molecule has 2 N–H and O–H groups in total. The molecule has 0 amide bonds. The molecule has 0 aliphatic heterocycles. The Labute approximate surface area is 62.8 Å². The van der Waals surface area contributed by atoms with Crippen molar-refractivity contribution >= 4 is 34.3 Å². The van der Waals surface area contributed by atoms with Gasteiger partial charge in [0.1, 0.15) is 10.9 Å². The smallest absolute Gasteiger partial charge is 0.322 e. The van der Waals surface area contributed by atoms with E-state index in [1.807, 2.05) is 0 Å². The predicted octanol–water partition coefficient (Wildman–Crippen LogP) is 0.308. The van der Waals surface area contributed by atoms with Crippen molar-refractivity contribution in [3.05, 3.63) is 0 Å². The number of carbonyl (C=O) groups is 1. The summed E-state index contributed by atoms with van der Waals surface area (Å²) in [6.45, 7) is -0.0975. The van der Waals surface area contributed by atoms with E-state index in [4.69, 9.17) is 5.11 Å². The van der Waals surface area contributed by atoms with Gasteiger partial charge in [0.05, 0.1) is 0 Å². The summed E-state index contributed by atoms with van der Waals surface area (Å²) in [6, 6.07) is 0. The number of rotatable bonds is 2. The summed E-state index contributed by atoms with van der Waals surface area (Å²) in [5, 5.41) is 10.7. The minimum Gasteiger partial charge on any atom is -0.480 e. The van der Waals surface area contributed by atoms with Crippen molar-refractivity contribution in [2.24, 2.45) is 0 Å². The largest absolute Gasteiger partial charge is 0.480 e. The van der Waals surface area contributed by atoms with Crippen molar-refractivity contribution in [2.45, 2.75) is 0 Å². The third-order valence-electron chi connectivity index (χ3n) is 0.569. The molecular formula is C4H7NO2S2. The number of hydrogen-bond acceptors (Lipinski definition) is 3. The topological polar surface area (TPSA) is 49.3 Å². The maximum Gasteiger partial charge on any atom is 0.322 e. The molecular weight excluding hydrogens is 158 g/mol. The quantitative estimate of drug-likeness (QED) is 0.577. The average Bonchev–Trinajstić information content (AvgIpc) is 1.83. The molecule has 3 nitrogen and oxygen atoms in total. The predicted molar refractivity (Wildman–Crippen MR) is 41.8 cm³/mol. The maximum absolute atomic E-state index is 9.89. The second-order valence-electron chi connectivity index (χ2n) is 1.24. The van der Waals surface area contributed by atoms with Gasteiger partial charge in [-0.05, 0) is 6.26 Å². The van der Waals surface area contributed by atoms with Crippen molar-refractivity contribution in [3.63, 3.8) is 0 Å². The molecule has 5 heteroatoms. The highest BCUT2D eigenvalue weighted by Gasteiger charge is 1.95. The van der Waals surface area contributed by atoms with Gasteiger partial charge in [0.25, 0.3) is 0 Å². The first-order valence-electron chi connectivity index (χ1n) is 2.20. The monoisotopic (exact) mass is 165 g/mol. The zero-order valence-electron chi connectivity index (χ0n) is 4.88. The van der Waals surface area contributed by atoms with Gasteiger partial charge in [0.15, 0.2) is 0 Å². The Bertz CT molecular complexity index is 126. The molecule has 9 heavy (non-hydrogen) atoms. The van der Waals surface area contributed by atoms with Crippen LogP contribution < -0.4 is 5.32 Å².